The van der Waals surface area contributed by atoms with E-state index in [2.05, 4.69) is 37.8 Å². The van der Waals surface area contributed by atoms with Crippen LogP contribution in [0.1, 0.15) is 26.0 Å². The third-order valence-corrected chi connectivity index (χ3v) is 5.12. The summed E-state index contributed by atoms with van der Waals surface area (Å²) in [6, 6.07) is 12.2. The summed E-state index contributed by atoms with van der Waals surface area (Å²) in [7, 11) is 1.68. The Morgan fingerprint density at radius 3 is 2.38 bits per heavy atom. The summed E-state index contributed by atoms with van der Waals surface area (Å²) < 4.78 is 7.25. The van der Waals surface area contributed by atoms with Crippen LogP contribution >= 0.6 is 0 Å². The number of ether oxygens (including phenoxy) is 1. The van der Waals surface area contributed by atoms with E-state index in [1.54, 1.807) is 7.11 Å². The highest BCUT2D eigenvalue weighted by Crippen LogP contribution is 2.29. The van der Waals surface area contributed by atoms with Crippen molar-refractivity contribution >= 4 is 11.5 Å². The maximum atomic E-state index is 5.25. The molecule has 0 amide bonds. The molecule has 26 heavy (non-hydrogen) atoms. The fraction of sp³-hybridized carbons (Fsp3) is 0.429. The van der Waals surface area contributed by atoms with Crippen molar-refractivity contribution in [1.82, 2.24) is 14.6 Å². The van der Waals surface area contributed by atoms with Crippen LogP contribution in [0.4, 0.5) is 5.82 Å². The topological polar surface area (TPSA) is 42.7 Å². The van der Waals surface area contributed by atoms with Crippen molar-refractivity contribution in [1.29, 1.82) is 0 Å². The summed E-state index contributed by atoms with van der Waals surface area (Å²) in [4.78, 5) is 7.16. The first kappa shape index (κ1) is 16.9. The van der Waals surface area contributed by atoms with Gasteiger partial charge in [0.05, 0.1) is 12.8 Å². The van der Waals surface area contributed by atoms with Crippen LogP contribution in [0.2, 0.25) is 0 Å². The molecule has 0 radical (unpaired) electrons. The molecule has 3 heterocycles. The third-order valence-electron chi connectivity index (χ3n) is 5.12. The molecule has 1 saturated heterocycles. The second kappa shape index (κ2) is 6.63. The van der Waals surface area contributed by atoms with E-state index in [1.807, 2.05) is 28.8 Å². The molecule has 1 aromatic carbocycles. The van der Waals surface area contributed by atoms with Crippen LogP contribution in [0.25, 0.3) is 16.9 Å². The van der Waals surface area contributed by atoms with E-state index < -0.39 is 0 Å². The number of anilines is 1. The van der Waals surface area contributed by atoms with Crippen LogP contribution in [0, 0.1) is 18.8 Å². The average Bonchev–Trinajstić information content (AvgIpc) is 3.04. The van der Waals surface area contributed by atoms with Crippen molar-refractivity contribution in [2.45, 2.75) is 27.2 Å². The van der Waals surface area contributed by atoms with Crippen LogP contribution in [0.5, 0.6) is 5.75 Å². The van der Waals surface area contributed by atoms with Gasteiger partial charge in [0, 0.05) is 36.5 Å². The number of benzene rings is 1. The van der Waals surface area contributed by atoms with Gasteiger partial charge in [-0.05, 0) is 49.4 Å². The first-order valence-electron chi connectivity index (χ1n) is 9.30. The maximum absolute atomic E-state index is 5.25. The van der Waals surface area contributed by atoms with Crippen molar-refractivity contribution < 1.29 is 4.74 Å². The van der Waals surface area contributed by atoms with Crippen LogP contribution in [-0.2, 0) is 0 Å². The molecule has 0 bridgehead atoms. The monoisotopic (exact) mass is 350 g/mol. The van der Waals surface area contributed by atoms with Gasteiger partial charge < -0.3 is 9.64 Å². The minimum absolute atomic E-state index is 0.693. The Balaban J connectivity index is 1.77. The van der Waals surface area contributed by atoms with Gasteiger partial charge in [-0.1, -0.05) is 13.8 Å². The van der Waals surface area contributed by atoms with Crippen molar-refractivity contribution in [2.24, 2.45) is 11.8 Å². The van der Waals surface area contributed by atoms with E-state index in [1.165, 1.54) is 6.42 Å². The predicted octanol–water partition coefficient (Wildman–Crippen LogP) is 4.20. The van der Waals surface area contributed by atoms with Crippen LogP contribution in [-0.4, -0.2) is 34.8 Å². The lowest BCUT2D eigenvalue weighted by atomic mass is 9.92. The van der Waals surface area contributed by atoms with Gasteiger partial charge >= 0.3 is 0 Å². The summed E-state index contributed by atoms with van der Waals surface area (Å²) in [6.45, 7) is 8.86. The summed E-state index contributed by atoms with van der Waals surface area (Å²) in [5.41, 5.74) is 3.93. The Morgan fingerprint density at radius 1 is 1.04 bits per heavy atom. The number of methoxy groups -OCH3 is 1. The van der Waals surface area contributed by atoms with Crippen molar-refractivity contribution in [3.63, 3.8) is 0 Å². The average molecular weight is 350 g/mol. The zero-order valence-electron chi connectivity index (χ0n) is 15.9. The molecule has 5 heteroatoms. The Hall–Kier alpha value is -2.56. The molecule has 0 saturated carbocycles. The molecule has 0 aliphatic carbocycles. The third kappa shape index (κ3) is 3.14. The highest BCUT2D eigenvalue weighted by Gasteiger charge is 2.24. The van der Waals surface area contributed by atoms with Gasteiger partial charge in [-0.15, -0.1) is 0 Å². The quantitative estimate of drug-likeness (QED) is 0.710. The number of aromatic nitrogens is 3. The molecule has 5 nitrogen and oxygen atoms in total. The van der Waals surface area contributed by atoms with Gasteiger partial charge in [-0.2, -0.15) is 9.61 Å². The Bertz CT molecular complexity index is 906. The molecule has 136 valence electrons. The van der Waals surface area contributed by atoms with Crippen LogP contribution in [0.3, 0.4) is 0 Å². The fourth-order valence-corrected chi connectivity index (χ4v) is 4.06. The molecule has 1 aliphatic heterocycles. The summed E-state index contributed by atoms with van der Waals surface area (Å²) in [6.07, 6.45) is 1.29. The smallest absolute Gasteiger partial charge is 0.158 e. The summed E-state index contributed by atoms with van der Waals surface area (Å²) in [5, 5.41) is 4.88. The SMILES string of the molecule is COc1ccc(-c2cc3nc(C)cc(N4C[C@H](C)C[C@H](C)C4)n3n2)cc1. The molecule has 4 rings (SSSR count). The Morgan fingerprint density at radius 2 is 1.73 bits per heavy atom. The number of piperidine rings is 1. The number of hydrogen-bond acceptors (Lipinski definition) is 4. The number of fused-ring (bicyclic) bond motifs is 1. The normalized spacial score (nSPS) is 20.5. The van der Waals surface area contributed by atoms with Gasteiger partial charge in [-0.25, -0.2) is 4.98 Å². The van der Waals surface area contributed by atoms with Gasteiger partial charge in [-0.3, -0.25) is 0 Å². The molecule has 1 aliphatic rings. The fourth-order valence-electron chi connectivity index (χ4n) is 4.06. The minimum atomic E-state index is 0.693. The molecule has 0 unspecified atom stereocenters. The van der Waals surface area contributed by atoms with Gasteiger partial charge in [0.15, 0.2) is 5.65 Å². The molecular weight excluding hydrogens is 324 g/mol. The van der Waals surface area contributed by atoms with Gasteiger partial charge in [0.25, 0.3) is 0 Å². The molecule has 2 atom stereocenters. The van der Waals surface area contributed by atoms with Gasteiger partial charge in [0.2, 0.25) is 0 Å². The van der Waals surface area contributed by atoms with Gasteiger partial charge in [0.1, 0.15) is 11.6 Å². The van der Waals surface area contributed by atoms with E-state index in [-0.39, 0.29) is 0 Å². The molecule has 0 spiro atoms. The van der Waals surface area contributed by atoms with E-state index in [4.69, 9.17) is 14.8 Å². The molecule has 2 aromatic heterocycles. The highest BCUT2D eigenvalue weighted by molar-refractivity contribution is 5.66. The highest BCUT2D eigenvalue weighted by atomic mass is 16.5. The lowest BCUT2D eigenvalue weighted by Crippen LogP contribution is -2.39. The molecule has 0 N–H and O–H groups in total. The molecule has 3 aromatic rings. The number of rotatable bonds is 3. The Labute approximate surface area is 154 Å². The van der Waals surface area contributed by atoms with Crippen LogP contribution < -0.4 is 9.64 Å². The predicted molar refractivity (Wildman–Crippen MR) is 105 cm³/mol. The minimum Gasteiger partial charge on any atom is -0.497 e. The summed E-state index contributed by atoms with van der Waals surface area (Å²) in [5.74, 6) is 3.38. The first-order valence-corrected chi connectivity index (χ1v) is 9.30. The number of hydrogen-bond donors (Lipinski definition) is 0. The lowest BCUT2D eigenvalue weighted by molar-refractivity contribution is 0.354. The van der Waals surface area contributed by atoms with E-state index >= 15 is 0 Å². The van der Waals surface area contributed by atoms with Crippen LogP contribution in [0.15, 0.2) is 36.4 Å². The van der Waals surface area contributed by atoms with Crippen molar-refractivity contribution in [2.75, 3.05) is 25.1 Å². The standard InChI is InChI=1S/C21H26N4O/c1-14-9-15(2)13-24(12-14)21-10-16(3)22-20-11-19(23-25(20)21)17-5-7-18(26-4)8-6-17/h5-8,10-11,14-15H,9,12-13H2,1-4H3/t14-,15+. The lowest BCUT2D eigenvalue weighted by Gasteiger charge is -2.36. The van der Waals surface area contributed by atoms with E-state index in [9.17, 15) is 0 Å². The van der Waals surface area contributed by atoms with Crippen molar-refractivity contribution in [3.05, 3.63) is 42.1 Å². The zero-order valence-corrected chi connectivity index (χ0v) is 15.9. The zero-order chi connectivity index (χ0) is 18.3. The van der Waals surface area contributed by atoms with Crippen molar-refractivity contribution in [3.8, 4) is 17.0 Å². The number of nitrogens with zero attached hydrogens (tertiary/aromatic N) is 4. The second-order valence-electron chi connectivity index (χ2n) is 7.63. The Kier molecular flexibility index (Phi) is 4.31. The summed E-state index contributed by atoms with van der Waals surface area (Å²) >= 11 is 0. The molecule has 1 fully saturated rings. The molecular formula is C21H26N4O. The maximum Gasteiger partial charge on any atom is 0.158 e. The second-order valence-corrected chi connectivity index (χ2v) is 7.63. The number of aryl methyl sites for hydroxylation is 1. The van der Waals surface area contributed by atoms with E-state index in [0.717, 1.165) is 47.3 Å². The largest absolute Gasteiger partial charge is 0.497 e. The first-order chi connectivity index (χ1) is 12.5. The van der Waals surface area contributed by atoms with E-state index in [0.29, 0.717) is 11.8 Å².